The van der Waals surface area contributed by atoms with Gasteiger partial charge in [0.25, 0.3) is 0 Å². The molecule has 1 aliphatic heterocycles. The Kier molecular flexibility index (Phi) is 4.95. The van der Waals surface area contributed by atoms with E-state index in [9.17, 15) is 14.7 Å². The van der Waals surface area contributed by atoms with Crippen molar-refractivity contribution in [2.45, 2.75) is 20.1 Å². The first-order valence-corrected chi connectivity index (χ1v) is 6.92. The molecule has 6 nitrogen and oxygen atoms in total. The van der Waals surface area contributed by atoms with Crippen molar-refractivity contribution in [1.82, 2.24) is 0 Å². The number of ether oxygens (including phenoxy) is 1. The van der Waals surface area contributed by atoms with E-state index in [1.165, 1.54) is 30.2 Å². The average molecular weight is 302 g/mol. The number of hydrogen-bond donors (Lipinski definition) is 2. The van der Waals surface area contributed by atoms with E-state index < -0.39 is 12.2 Å². The van der Waals surface area contributed by atoms with Gasteiger partial charge in [-0.3, -0.25) is 4.79 Å². The van der Waals surface area contributed by atoms with Crippen molar-refractivity contribution in [3.05, 3.63) is 48.2 Å². The molecule has 6 heteroatoms. The molecule has 0 spiro atoms. The standard InChI is InChI=1S/C16H18N2O4/c1-3-22-16(21)12-7-8-15(20)18(10-12)14-6-4-5-13(9-14)17-11(2)19/h4-10,15,20H,3H2,1-2H3,(H,17,19). The highest BCUT2D eigenvalue weighted by Crippen LogP contribution is 2.25. The lowest BCUT2D eigenvalue weighted by Crippen LogP contribution is -2.32. The molecule has 1 aromatic carbocycles. The van der Waals surface area contributed by atoms with Gasteiger partial charge in [0.15, 0.2) is 0 Å². The maximum atomic E-state index is 11.8. The first kappa shape index (κ1) is 15.8. The average Bonchev–Trinajstić information content (AvgIpc) is 2.47. The van der Waals surface area contributed by atoms with Gasteiger partial charge in [0, 0.05) is 24.5 Å². The lowest BCUT2D eigenvalue weighted by atomic mass is 10.1. The second kappa shape index (κ2) is 6.91. The summed E-state index contributed by atoms with van der Waals surface area (Å²) < 4.78 is 4.95. The molecule has 0 saturated heterocycles. The maximum Gasteiger partial charge on any atom is 0.339 e. The van der Waals surface area contributed by atoms with E-state index in [2.05, 4.69) is 5.32 Å². The molecule has 1 atom stereocenters. The zero-order valence-corrected chi connectivity index (χ0v) is 12.4. The zero-order valence-electron chi connectivity index (χ0n) is 12.4. The second-order valence-corrected chi connectivity index (χ2v) is 4.72. The van der Waals surface area contributed by atoms with Crippen molar-refractivity contribution in [2.24, 2.45) is 0 Å². The van der Waals surface area contributed by atoms with Crippen LogP contribution in [0.25, 0.3) is 0 Å². The van der Waals surface area contributed by atoms with Crippen LogP contribution in [-0.4, -0.2) is 29.8 Å². The van der Waals surface area contributed by atoms with E-state index in [0.29, 0.717) is 16.9 Å². The molecule has 0 saturated carbocycles. The van der Waals surface area contributed by atoms with Gasteiger partial charge < -0.3 is 20.1 Å². The van der Waals surface area contributed by atoms with Crippen molar-refractivity contribution in [3.63, 3.8) is 0 Å². The van der Waals surface area contributed by atoms with Crippen molar-refractivity contribution in [1.29, 1.82) is 0 Å². The Labute approximate surface area is 128 Å². The Morgan fingerprint density at radius 3 is 2.86 bits per heavy atom. The molecule has 0 aliphatic carbocycles. The number of nitrogens with zero attached hydrogens (tertiary/aromatic N) is 1. The van der Waals surface area contributed by atoms with Crippen LogP contribution in [0.4, 0.5) is 11.4 Å². The fourth-order valence-electron chi connectivity index (χ4n) is 2.06. The van der Waals surface area contributed by atoms with Gasteiger partial charge in [-0.15, -0.1) is 0 Å². The van der Waals surface area contributed by atoms with Crippen LogP contribution in [0.15, 0.2) is 48.2 Å². The van der Waals surface area contributed by atoms with Gasteiger partial charge in [-0.1, -0.05) is 6.07 Å². The fraction of sp³-hybridized carbons (Fsp3) is 0.250. The third-order valence-corrected chi connectivity index (χ3v) is 2.99. The molecular formula is C16H18N2O4. The molecule has 116 valence electrons. The molecule has 0 bridgehead atoms. The van der Waals surface area contributed by atoms with Gasteiger partial charge in [-0.2, -0.15) is 0 Å². The quantitative estimate of drug-likeness (QED) is 0.829. The molecule has 0 aromatic heterocycles. The summed E-state index contributed by atoms with van der Waals surface area (Å²) in [7, 11) is 0. The molecule has 2 N–H and O–H groups in total. The van der Waals surface area contributed by atoms with Crippen molar-refractivity contribution in [3.8, 4) is 0 Å². The highest BCUT2D eigenvalue weighted by Gasteiger charge is 2.20. The highest BCUT2D eigenvalue weighted by molar-refractivity contribution is 5.93. The first-order chi connectivity index (χ1) is 10.5. The number of aliphatic hydroxyl groups excluding tert-OH is 1. The maximum absolute atomic E-state index is 11.8. The minimum Gasteiger partial charge on any atom is -0.462 e. The van der Waals surface area contributed by atoms with Crippen LogP contribution in [0, 0.1) is 0 Å². The van der Waals surface area contributed by atoms with Crippen molar-refractivity contribution >= 4 is 23.3 Å². The summed E-state index contributed by atoms with van der Waals surface area (Å²) in [6, 6.07) is 6.98. The predicted octanol–water partition coefficient (Wildman–Crippen LogP) is 1.79. The number of aliphatic hydroxyl groups is 1. The molecule has 1 heterocycles. The van der Waals surface area contributed by atoms with E-state index in [-0.39, 0.29) is 12.5 Å². The minimum absolute atomic E-state index is 0.181. The second-order valence-electron chi connectivity index (χ2n) is 4.72. The Balaban J connectivity index is 2.28. The van der Waals surface area contributed by atoms with Crippen molar-refractivity contribution < 1.29 is 19.4 Å². The SMILES string of the molecule is CCOC(=O)C1=CN(c2cccc(NC(C)=O)c2)C(O)C=C1. The third-order valence-electron chi connectivity index (χ3n) is 2.99. The number of carbonyl (C=O) groups is 2. The lowest BCUT2D eigenvalue weighted by Gasteiger charge is -2.28. The van der Waals surface area contributed by atoms with Crippen LogP contribution in [0.1, 0.15) is 13.8 Å². The van der Waals surface area contributed by atoms with Crippen LogP contribution in [0.2, 0.25) is 0 Å². The van der Waals surface area contributed by atoms with E-state index in [1.54, 1.807) is 31.2 Å². The van der Waals surface area contributed by atoms with E-state index in [4.69, 9.17) is 4.74 Å². The Bertz CT molecular complexity index is 637. The molecule has 1 aliphatic rings. The van der Waals surface area contributed by atoms with Crippen LogP contribution < -0.4 is 10.2 Å². The molecule has 1 aromatic rings. The van der Waals surface area contributed by atoms with E-state index in [0.717, 1.165) is 0 Å². The smallest absolute Gasteiger partial charge is 0.339 e. The minimum atomic E-state index is -0.897. The molecule has 2 rings (SSSR count). The topological polar surface area (TPSA) is 78.9 Å². The van der Waals surface area contributed by atoms with Crippen LogP contribution in [0.5, 0.6) is 0 Å². The highest BCUT2D eigenvalue weighted by atomic mass is 16.5. The number of esters is 1. The number of anilines is 2. The predicted molar refractivity (Wildman–Crippen MR) is 83.1 cm³/mol. The zero-order chi connectivity index (χ0) is 16.1. The number of hydrogen-bond acceptors (Lipinski definition) is 5. The molecule has 22 heavy (non-hydrogen) atoms. The van der Waals surface area contributed by atoms with Crippen molar-refractivity contribution in [2.75, 3.05) is 16.8 Å². The monoisotopic (exact) mass is 302 g/mol. The summed E-state index contributed by atoms with van der Waals surface area (Å²) in [5, 5.41) is 12.8. The Morgan fingerprint density at radius 2 is 2.18 bits per heavy atom. The lowest BCUT2D eigenvalue weighted by molar-refractivity contribution is -0.138. The van der Waals surface area contributed by atoms with Crippen LogP contribution >= 0.6 is 0 Å². The van der Waals surface area contributed by atoms with Gasteiger partial charge in [0.1, 0.15) is 6.23 Å². The van der Waals surface area contributed by atoms with Crippen LogP contribution in [-0.2, 0) is 14.3 Å². The van der Waals surface area contributed by atoms with Gasteiger partial charge in [0.05, 0.1) is 12.2 Å². The molecule has 1 amide bonds. The largest absolute Gasteiger partial charge is 0.462 e. The summed E-state index contributed by atoms with van der Waals surface area (Å²) in [5.74, 6) is -0.632. The van der Waals surface area contributed by atoms with Gasteiger partial charge >= 0.3 is 5.97 Å². The third kappa shape index (κ3) is 3.73. The van der Waals surface area contributed by atoms with E-state index >= 15 is 0 Å². The first-order valence-electron chi connectivity index (χ1n) is 6.92. The number of rotatable bonds is 4. The fourth-order valence-corrected chi connectivity index (χ4v) is 2.06. The number of amides is 1. The van der Waals surface area contributed by atoms with Gasteiger partial charge in [0.2, 0.25) is 5.91 Å². The summed E-state index contributed by atoms with van der Waals surface area (Å²) in [5.41, 5.74) is 1.60. The molecule has 1 unspecified atom stereocenters. The number of carbonyl (C=O) groups excluding carboxylic acids is 2. The summed E-state index contributed by atoms with van der Waals surface area (Å²) in [4.78, 5) is 24.4. The van der Waals surface area contributed by atoms with Gasteiger partial charge in [-0.25, -0.2) is 4.79 Å². The van der Waals surface area contributed by atoms with Crippen LogP contribution in [0.3, 0.4) is 0 Å². The van der Waals surface area contributed by atoms with Gasteiger partial charge in [-0.05, 0) is 37.3 Å². The number of nitrogens with one attached hydrogen (secondary N) is 1. The number of benzene rings is 1. The Hall–Kier alpha value is -2.60. The summed E-state index contributed by atoms with van der Waals surface area (Å²) >= 11 is 0. The molecular weight excluding hydrogens is 284 g/mol. The molecule has 0 fully saturated rings. The normalized spacial score (nSPS) is 17.0. The van der Waals surface area contributed by atoms with E-state index in [1.807, 2.05) is 0 Å². The Morgan fingerprint density at radius 1 is 1.41 bits per heavy atom. The summed E-state index contributed by atoms with van der Waals surface area (Å²) in [6.07, 6.45) is 3.65. The molecule has 0 radical (unpaired) electrons. The summed E-state index contributed by atoms with van der Waals surface area (Å²) in [6.45, 7) is 3.43.